The fraction of sp³-hybridized carbons (Fsp3) is 0.621. The van der Waals surface area contributed by atoms with Crippen LogP contribution in [0.2, 0.25) is 0 Å². The minimum absolute atomic E-state index is 0.0490. The molecule has 1 saturated heterocycles. The van der Waals surface area contributed by atoms with Crippen LogP contribution in [0.4, 0.5) is 0 Å². The minimum atomic E-state index is -0.874. The van der Waals surface area contributed by atoms with Crippen LogP contribution < -0.4 is 14.2 Å². The Morgan fingerprint density at radius 3 is 2.65 bits per heavy atom. The van der Waals surface area contributed by atoms with Crippen LogP contribution in [-0.4, -0.2) is 108 Å². The van der Waals surface area contributed by atoms with Crippen LogP contribution in [0.1, 0.15) is 44.1 Å². The van der Waals surface area contributed by atoms with Gasteiger partial charge in [-0.2, -0.15) is 0 Å². The first-order chi connectivity index (χ1) is 19.3. The number of carboxylic acids is 1. The Labute approximate surface area is 236 Å². The number of benzene rings is 1. The van der Waals surface area contributed by atoms with Gasteiger partial charge in [-0.25, -0.2) is 4.98 Å². The van der Waals surface area contributed by atoms with E-state index in [4.69, 9.17) is 14.2 Å². The highest BCUT2D eigenvalue weighted by molar-refractivity contribution is 5.79. The van der Waals surface area contributed by atoms with E-state index < -0.39 is 11.9 Å². The van der Waals surface area contributed by atoms with Gasteiger partial charge in [0.05, 0.1) is 25.9 Å². The predicted octanol–water partition coefficient (Wildman–Crippen LogP) is 2.76. The highest BCUT2D eigenvalue weighted by Crippen LogP contribution is 2.47. The summed E-state index contributed by atoms with van der Waals surface area (Å²) in [6, 6.07) is 3.37. The van der Waals surface area contributed by atoms with Crippen molar-refractivity contribution < 1.29 is 28.9 Å². The molecule has 1 aromatic heterocycles. The molecule has 0 bridgehead atoms. The molecule has 11 nitrogen and oxygen atoms in total. The second-order valence-corrected chi connectivity index (χ2v) is 10.9. The number of aryl methyl sites for hydroxylation is 1. The van der Waals surface area contributed by atoms with E-state index in [0.29, 0.717) is 49.8 Å². The Balaban J connectivity index is 1.60. The van der Waals surface area contributed by atoms with Gasteiger partial charge in [0.1, 0.15) is 0 Å². The highest BCUT2D eigenvalue weighted by Gasteiger charge is 2.47. The van der Waals surface area contributed by atoms with Crippen LogP contribution in [0.15, 0.2) is 30.9 Å². The Bertz CT molecular complexity index is 1120. The smallest absolute Gasteiger partial charge is 0.308 e. The molecule has 40 heavy (non-hydrogen) atoms. The number of aromatic nitrogens is 2. The number of ether oxygens (including phenoxy) is 3. The number of carbonyl (C=O) groups excluding carboxylic acids is 1. The average Bonchev–Trinajstić information content (AvgIpc) is 3.68. The zero-order chi connectivity index (χ0) is 28.6. The van der Waals surface area contributed by atoms with E-state index in [0.717, 1.165) is 31.4 Å². The van der Waals surface area contributed by atoms with Gasteiger partial charge in [0.25, 0.3) is 0 Å². The van der Waals surface area contributed by atoms with Gasteiger partial charge in [-0.05, 0) is 57.6 Å². The number of imidazole rings is 1. The molecule has 0 unspecified atom stereocenters. The minimum Gasteiger partial charge on any atom is -0.493 e. The molecule has 4 rings (SSSR count). The molecular weight excluding hydrogens is 514 g/mol. The SMILES string of the molecule is CCCCN(CCCN(C)C)C(=O)CN1C[C@H](c2cc(OC)c3c(c2)OCO3)[C@@H](C(=O)O)[C@@H]1CCn1ccnc1. The van der Waals surface area contributed by atoms with Crippen LogP contribution in [-0.2, 0) is 16.1 Å². The molecule has 1 amide bonds. The molecule has 0 saturated carbocycles. The van der Waals surface area contributed by atoms with E-state index >= 15 is 0 Å². The fourth-order valence-corrected chi connectivity index (χ4v) is 5.82. The van der Waals surface area contributed by atoms with E-state index in [9.17, 15) is 14.7 Å². The predicted molar refractivity (Wildman–Crippen MR) is 150 cm³/mol. The normalized spacial score (nSPS) is 20.3. The molecule has 0 aliphatic carbocycles. The first kappa shape index (κ1) is 29.7. The Morgan fingerprint density at radius 2 is 1.98 bits per heavy atom. The molecular formula is C29H43N5O6. The summed E-state index contributed by atoms with van der Waals surface area (Å²) in [7, 11) is 5.62. The van der Waals surface area contributed by atoms with Crippen molar-refractivity contribution in [2.75, 3.05) is 60.7 Å². The molecule has 3 heterocycles. The third-order valence-corrected chi connectivity index (χ3v) is 7.89. The van der Waals surface area contributed by atoms with E-state index in [1.807, 2.05) is 41.9 Å². The van der Waals surface area contributed by atoms with Crippen molar-refractivity contribution in [3.05, 3.63) is 36.4 Å². The van der Waals surface area contributed by atoms with Crippen molar-refractivity contribution in [2.24, 2.45) is 5.92 Å². The molecule has 1 aromatic carbocycles. The van der Waals surface area contributed by atoms with Crippen molar-refractivity contribution in [1.29, 1.82) is 0 Å². The summed E-state index contributed by atoms with van der Waals surface area (Å²) in [5.41, 5.74) is 0.810. The molecule has 1 fully saturated rings. The van der Waals surface area contributed by atoms with Crippen molar-refractivity contribution >= 4 is 11.9 Å². The molecule has 2 aliphatic rings. The maximum Gasteiger partial charge on any atom is 0.308 e. The molecule has 11 heteroatoms. The molecule has 1 N–H and O–H groups in total. The Morgan fingerprint density at radius 1 is 1.18 bits per heavy atom. The van der Waals surface area contributed by atoms with Gasteiger partial charge in [0.15, 0.2) is 11.5 Å². The maximum absolute atomic E-state index is 13.7. The van der Waals surface area contributed by atoms with Crippen LogP contribution in [0, 0.1) is 5.92 Å². The number of methoxy groups -OCH3 is 1. The Hall–Kier alpha value is -3.31. The summed E-state index contributed by atoms with van der Waals surface area (Å²) in [6.07, 6.45) is 8.73. The quantitative estimate of drug-likeness (QED) is 0.354. The lowest BCUT2D eigenvalue weighted by Gasteiger charge is -2.30. The summed E-state index contributed by atoms with van der Waals surface area (Å²) in [4.78, 5) is 36.8. The summed E-state index contributed by atoms with van der Waals surface area (Å²) in [5, 5.41) is 10.5. The van der Waals surface area contributed by atoms with Crippen molar-refractivity contribution in [3.8, 4) is 17.2 Å². The number of hydrogen-bond acceptors (Lipinski definition) is 8. The standard InChI is InChI=1S/C29H43N5O6/c1-5-6-11-33(12-7-10-31(2)3)26(35)18-34-17-22(21-15-24(38-4)28-25(16-21)39-20-40-28)27(29(36)37)23(34)8-13-32-14-9-30-19-32/h9,14-16,19,22-23,27H,5-8,10-13,17-18,20H2,1-4H3,(H,36,37)/t22-,23+,27-/m1/s1. The molecule has 0 spiro atoms. The van der Waals surface area contributed by atoms with Gasteiger partial charge in [-0.1, -0.05) is 13.3 Å². The summed E-state index contributed by atoms with van der Waals surface area (Å²) in [6.45, 7) is 5.76. The van der Waals surface area contributed by atoms with Crippen LogP contribution in [0.3, 0.4) is 0 Å². The number of carbonyl (C=O) groups is 2. The van der Waals surface area contributed by atoms with Gasteiger partial charge >= 0.3 is 5.97 Å². The Kier molecular flexibility index (Phi) is 10.3. The second kappa shape index (κ2) is 13.8. The molecule has 2 aliphatic heterocycles. The average molecular weight is 558 g/mol. The van der Waals surface area contributed by atoms with Gasteiger partial charge in [-0.15, -0.1) is 0 Å². The van der Waals surface area contributed by atoms with Crippen LogP contribution >= 0.6 is 0 Å². The monoisotopic (exact) mass is 557 g/mol. The van der Waals surface area contributed by atoms with E-state index in [1.165, 1.54) is 0 Å². The number of unbranched alkanes of at least 4 members (excludes halogenated alkanes) is 1. The van der Waals surface area contributed by atoms with E-state index in [1.54, 1.807) is 19.6 Å². The number of aliphatic carboxylic acids is 1. The third kappa shape index (κ3) is 7.06. The molecule has 3 atom stereocenters. The molecule has 0 radical (unpaired) electrons. The second-order valence-electron chi connectivity index (χ2n) is 10.9. The number of rotatable bonds is 15. The number of fused-ring (bicyclic) bond motifs is 1. The van der Waals surface area contributed by atoms with E-state index in [-0.39, 0.29) is 31.2 Å². The highest BCUT2D eigenvalue weighted by atomic mass is 16.7. The number of amides is 1. The van der Waals surface area contributed by atoms with Gasteiger partial charge in [-0.3, -0.25) is 14.5 Å². The largest absolute Gasteiger partial charge is 0.493 e. The topological polar surface area (TPSA) is 110 Å². The van der Waals surface area contributed by atoms with Crippen LogP contribution in [0.25, 0.3) is 0 Å². The lowest BCUT2D eigenvalue weighted by Crippen LogP contribution is -2.45. The zero-order valence-corrected chi connectivity index (χ0v) is 24.1. The van der Waals surface area contributed by atoms with Crippen LogP contribution in [0.5, 0.6) is 17.2 Å². The third-order valence-electron chi connectivity index (χ3n) is 7.89. The molecule has 2 aromatic rings. The number of nitrogens with zero attached hydrogens (tertiary/aromatic N) is 5. The summed E-state index contributed by atoms with van der Waals surface area (Å²) in [5.74, 6) is -0.281. The van der Waals surface area contributed by atoms with Gasteiger partial charge in [0, 0.05) is 50.5 Å². The van der Waals surface area contributed by atoms with Gasteiger partial charge in [0.2, 0.25) is 18.4 Å². The molecule has 220 valence electrons. The van der Waals surface area contributed by atoms with Gasteiger partial charge < -0.3 is 33.7 Å². The number of hydrogen-bond donors (Lipinski definition) is 1. The fourth-order valence-electron chi connectivity index (χ4n) is 5.82. The van der Waals surface area contributed by atoms with Crippen molar-refractivity contribution in [2.45, 2.75) is 51.1 Å². The number of carboxylic acid groups (broad SMARTS) is 1. The first-order valence-corrected chi connectivity index (χ1v) is 14.1. The summed E-state index contributed by atoms with van der Waals surface area (Å²) < 4.78 is 18.7. The maximum atomic E-state index is 13.7. The first-order valence-electron chi connectivity index (χ1n) is 14.1. The van der Waals surface area contributed by atoms with Crippen molar-refractivity contribution in [1.82, 2.24) is 24.3 Å². The van der Waals surface area contributed by atoms with Crippen molar-refractivity contribution in [3.63, 3.8) is 0 Å². The lowest BCUT2D eigenvalue weighted by atomic mass is 9.84. The number of likely N-dealkylation sites (tertiary alicyclic amines) is 1. The lowest BCUT2D eigenvalue weighted by molar-refractivity contribution is -0.144. The summed E-state index contributed by atoms with van der Waals surface area (Å²) >= 11 is 0. The van der Waals surface area contributed by atoms with E-state index in [2.05, 4.69) is 21.7 Å². The zero-order valence-electron chi connectivity index (χ0n) is 24.1.